The number of hydrogen-bond acceptors (Lipinski definition) is 3. The number of carboxylic acid groups (broad SMARTS) is 1. The monoisotopic (exact) mass is 202 g/mol. The summed E-state index contributed by atoms with van der Waals surface area (Å²) in [4.78, 5) is 10.6. The Morgan fingerprint density at radius 1 is 1.38 bits per heavy atom. The van der Waals surface area contributed by atoms with E-state index < -0.39 is 11.7 Å². The molecule has 4 nitrogen and oxygen atoms in total. The van der Waals surface area contributed by atoms with Crippen molar-refractivity contribution in [3.63, 3.8) is 0 Å². The van der Waals surface area contributed by atoms with Crippen LogP contribution < -0.4 is 0 Å². The van der Waals surface area contributed by atoms with Crippen LogP contribution in [0.25, 0.3) is 0 Å². The van der Waals surface area contributed by atoms with E-state index in [4.69, 9.17) is 26.9 Å². The van der Waals surface area contributed by atoms with Crippen molar-refractivity contribution >= 4 is 17.6 Å². The van der Waals surface area contributed by atoms with Crippen LogP contribution in [0, 0.1) is 6.92 Å². The van der Waals surface area contributed by atoms with E-state index in [2.05, 4.69) is 0 Å². The fourth-order valence-corrected chi connectivity index (χ4v) is 1.18. The van der Waals surface area contributed by atoms with Crippen molar-refractivity contribution in [3.8, 4) is 11.5 Å². The normalized spacial score (nSPS) is 10.0. The van der Waals surface area contributed by atoms with Crippen molar-refractivity contribution in [1.82, 2.24) is 0 Å². The molecule has 0 atom stereocenters. The predicted molar refractivity (Wildman–Crippen MR) is 46.5 cm³/mol. The number of rotatable bonds is 1. The predicted octanol–water partition coefficient (Wildman–Crippen LogP) is 1.76. The van der Waals surface area contributed by atoms with Gasteiger partial charge in [0, 0.05) is 6.07 Å². The summed E-state index contributed by atoms with van der Waals surface area (Å²) >= 11 is 5.57. The number of aromatic hydroxyl groups is 2. The summed E-state index contributed by atoms with van der Waals surface area (Å²) in [6.07, 6.45) is 0. The molecule has 70 valence electrons. The van der Waals surface area contributed by atoms with Crippen LogP contribution in [-0.2, 0) is 0 Å². The molecule has 0 aliphatic rings. The molecule has 0 bridgehead atoms. The minimum atomic E-state index is -1.28. The molecule has 0 unspecified atom stereocenters. The third-order valence-electron chi connectivity index (χ3n) is 1.67. The Morgan fingerprint density at radius 3 is 2.38 bits per heavy atom. The zero-order valence-electron chi connectivity index (χ0n) is 6.71. The highest BCUT2D eigenvalue weighted by molar-refractivity contribution is 6.33. The molecule has 0 saturated heterocycles. The number of aromatic carboxylic acids is 1. The van der Waals surface area contributed by atoms with Crippen molar-refractivity contribution in [2.75, 3.05) is 0 Å². The molecule has 0 aromatic heterocycles. The highest BCUT2D eigenvalue weighted by Crippen LogP contribution is 2.35. The summed E-state index contributed by atoms with van der Waals surface area (Å²) in [5.41, 5.74) is -0.144. The minimum Gasteiger partial charge on any atom is -0.507 e. The number of hydrogen-bond donors (Lipinski definition) is 3. The van der Waals surface area contributed by atoms with Crippen LogP contribution in [0.3, 0.4) is 0 Å². The molecule has 0 amide bonds. The lowest BCUT2D eigenvalue weighted by molar-refractivity contribution is 0.0693. The van der Waals surface area contributed by atoms with Gasteiger partial charge in [-0.1, -0.05) is 11.6 Å². The molecule has 0 saturated carbocycles. The second kappa shape index (κ2) is 3.14. The van der Waals surface area contributed by atoms with Gasteiger partial charge in [-0.05, 0) is 12.5 Å². The maximum atomic E-state index is 10.6. The lowest BCUT2D eigenvalue weighted by Gasteiger charge is -2.07. The molecule has 5 heteroatoms. The summed E-state index contributed by atoms with van der Waals surface area (Å²) < 4.78 is 0. The molecule has 0 radical (unpaired) electrons. The first-order valence-corrected chi connectivity index (χ1v) is 3.77. The van der Waals surface area contributed by atoms with Crippen LogP contribution in [-0.4, -0.2) is 21.3 Å². The van der Waals surface area contributed by atoms with Crippen molar-refractivity contribution in [3.05, 3.63) is 22.2 Å². The largest absolute Gasteiger partial charge is 0.507 e. The first-order chi connectivity index (χ1) is 5.95. The van der Waals surface area contributed by atoms with Gasteiger partial charge >= 0.3 is 5.97 Å². The number of benzene rings is 1. The average molecular weight is 203 g/mol. The zero-order chi connectivity index (χ0) is 10.2. The smallest absolute Gasteiger partial charge is 0.339 e. The molecule has 0 aliphatic heterocycles. The van der Waals surface area contributed by atoms with E-state index in [0.717, 1.165) is 6.07 Å². The third kappa shape index (κ3) is 1.53. The first kappa shape index (κ1) is 9.67. The molecule has 1 aromatic rings. The lowest BCUT2D eigenvalue weighted by atomic mass is 10.1. The van der Waals surface area contributed by atoms with E-state index in [1.165, 1.54) is 6.92 Å². The average Bonchev–Trinajstić information content (AvgIpc) is 1.99. The van der Waals surface area contributed by atoms with E-state index in [0.29, 0.717) is 0 Å². The number of carboxylic acids is 1. The van der Waals surface area contributed by atoms with Crippen molar-refractivity contribution < 1.29 is 20.1 Å². The Labute approximate surface area is 79.0 Å². The SMILES string of the molecule is Cc1c(Cl)c(O)cc(O)c1C(=O)O. The fraction of sp³-hybridized carbons (Fsp3) is 0.125. The van der Waals surface area contributed by atoms with Crippen LogP contribution in [0.1, 0.15) is 15.9 Å². The number of phenolic OH excluding ortho intramolecular Hbond substituents is 1. The van der Waals surface area contributed by atoms with Crippen LogP contribution in [0.15, 0.2) is 6.07 Å². The van der Waals surface area contributed by atoms with Gasteiger partial charge in [-0.2, -0.15) is 0 Å². The van der Waals surface area contributed by atoms with Gasteiger partial charge in [-0.15, -0.1) is 0 Å². The van der Waals surface area contributed by atoms with Crippen LogP contribution in [0.2, 0.25) is 5.02 Å². The third-order valence-corrected chi connectivity index (χ3v) is 2.15. The highest BCUT2D eigenvalue weighted by atomic mass is 35.5. The van der Waals surface area contributed by atoms with E-state index >= 15 is 0 Å². The molecule has 3 N–H and O–H groups in total. The minimum absolute atomic E-state index is 0.0600. The highest BCUT2D eigenvalue weighted by Gasteiger charge is 2.18. The van der Waals surface area contributed by atoms with Gasteiger partial charge in [0.15, 0.2) is 0 Å². The molecule has 13 heavy (non-hydrogen) atoms. The quantitative estimate of drug-likeness (QED) is 0.649. The second-order valence-corrected chi connectivity index (χ2v) is 2.91. The molecular formula is C8H7ClO4. The summed E-state index contributed by atoms with van der Waals surface area (Å²) in [5.74, 6) is -2.11. The topological polar surface area (TPSA) is 77.8 Å². The Hall–Kier alpha value is -1.42. The summed E-state index contributed by atoms with van der Waals surface area (Å²) in [7, 11) is 0. The number of phenols is 2. The van der Waals surface area contributed by atoms with Crippen molar-refractivity contribution in [2.45, 2.75) is 6.92 Å². The number of halogens is 1. The van der Waals surface area contributed by atoms with Crippen molar-refractivity contribution in [2.24, 2.45) is 0 Å². The maximum Gasteiger partial charge on any atom is 0.339 e. The molecule has 0 fully saturated rings. The molecule has 0 spiro atoms. The van der Waals surface area contributed by atoms with Gasteiger partial charge in [0.05, 0.1) is 5.02 Å². The summed E-state index contributed by atoms with van der Waals surface area (Å²) in [6.45, 7) is 1.41. The van der Waals surface area contributed by atoms with Gasteiger partial charge < -0.3 is 15.3 Å². The van der Waals surface area contributed by atoms with Crippen molar-refractivity contribution in [1.29, 1.82) is 0 Å². The van der Waals surface area contributed by atoms with Crippen LogP contribution >= 0.6 is 11.6 Å². The van der Waals surface area contributed by atoms with E-state index in [9.17, 15) is 4.79 Å². The zero-order valence-corrected chi connectivity index (χ0v) is 7.46. The Morgan fingerprint density at radius 2 is 1.92 bits per heavy atom. The van der Waals surface area contributed by atoms with Gasteiger partial charge in [0.1, 0.15) is 17.1 Å². The maximum absolute atomic E-state index is 10.6. The molecule has 0 aliphatic carbocycles. The van der Waals surface area contributed by atoms with Crippen LogP contribution in [0.4, 0.5) is 0 Å². The Bertz CT molecular complexity index is 373. The number of carbonyl (C=O) groups is 1. The summed E-state index contributed by atoms with van der Waals surface area (Å²) in [6, 6.07) is 0.902. The van der Waals surface area contributed by atoms with Gasteiger partial charge in [0.2, 0.25) is 0 Å². The van der Waals surface area contributed by atoms with E-state index in [1.807, 2.05) is 0 Å². The van der Waals surface area contributed by atoms with Gasteiger partial charge in [0.25, 0.3) is 0 Å². The summed E-state index contributed by atoms with van der Waals surface area (Å²) in [5, 5.41) is 26.9. The standard InChI is InChI=1S/C8H7ClO4/c1-3-6(8(12)13)4(10)2-5(11)7(3)9/h2,10-11H,1H3,(H,12,13). The van der Waals surface area contributed by atoms with E-state index in [-0.39, 0.29) is 21.9 Å². The van der Waals surface area contributed by atoms with Gasteiger partial charge in [-0.25, -0.2) is 4.79 Å². The second-order valence-electron chi connectivity index (χ2n) is 2.53. The van der Waals surface area contributed by atoms with Crippen LogP contribution in [0.5, 0.6) is 11.5 Å². The van der Waals surface area contributed by atoms with E-state index in [1.54, 1.807) is 0 Å². The Kier molecular flexibility index (Phi) is 2.34. The first-order valence-electron chi connectivity index (χ1n) is 3.39. The molecule has 1 aromatic carbocycles. The molecule has 0 heterocycles. The lowest BCUT2D eigenvalue weighted by Crippen LogP contribution is -2.00. The molecule has 1 rings (SSSR count). The molecular weight excluding hydrogens is 196 g/mol. The van der Waals surface area contributed by atoms with Gasteiger partial charge in [-0.3, -0.25) is 0 Å². The Balaban J connectivity index is 3.53. The fourth-order valence-electron chi connectivity index (χ4n) is 1.03.